The molecule has 0 aromatic carbocycles. The molecule has 25 heavy (non-hydrogen) atoms. The summed E-state index contributed by atoms with van der Waals surface area (Å²) in [6.45, 7) is 5.62. The zero-order valence-corrected chi connectivity index (χ0v) is 15.3. The Labute approximate surface area is 148 Å². The van der Waals surface area contributed by atoms with Gasteiger partial charge >= 0.3 is 0 Å². The molecule has 1 saturated heterocycles. The first-order valence-electron chi connectivity index (χ1n) is 9.06. The van der Waals surface area contributed by atoms with Crippen molar-refractivity contribution in [3.8, 4) is 5.75 Å². The van der Waals surface area contributed by atoms with Gasteiger partial charge in [-0.15, -0.1) is 0 Å². The summed E-state index contributed by atoms with van der Waals surface area (Å²) in [4.78, 5) is 31.1. The van der Waals surface area contributed by atoms with E-state index in [1.165, 1.54) is 0 Å². The van der Waals surface area contributed by atoms with Crippen LogP contribution in [0.1, 0.15) is 42.5 Å². The maximum absolute atomic E-state index is 12.5. The summed E-state index contributed by atoms with van der Waals surface area (Å²) >= 11 is 0. The molecule has 1 aliphatic heterocycles. The molecule has 0 radical (unpaired) electrons. The number of pyridine rings is 1. The molecular formula is C19H27N3O3. The third kappa shape index (κ3) is 3.94. The molecule has 1 atom stereocenters. The molecule has 1 aromatic rings. The average molecular weight is 345 g/mol. The number of aromatic nitrogens is 1. The number of hydrogen-bond donors (Lipinski definition) is 1. The van der Waals surface area contributed by atoms with Crippen LogP contribution in [0.5, 0.6) is 5.75 Å². The minimum absolute atomic E-state index is 0.00837. The van der Waals surface area contributed by atoms with E-state index < -0.39 is 0 Å². The van der Waals surface area contributed by atoms with Gasteiger partial charge in [0.15, 0.2) is 0 Å². The molecule has 1 aromatic heterocycles. The van der Waals surface area contributed by atoms with Crippen LogP contribution in [0.25, 0.3) is 0 Å². The third-order valence-corrected chi connectivity index (χ3v) is 5.21. The Bertz CT molecular complexity index is 670. The second-order valence-electron chi connectivity index (χ2n) is 7.16. The van der Waals surface area contributed by atoms with Gasteiger partial charge in [0.1, 0.15) is 5.75 Å². The Morgan fingerprint density at radius 1 is 1.28 bits per heavy atom. The molecule has 2 amide bonds. The molecule has 0 bridgehead atoms. The highest BCUT2D eigenvalue weighted by Gasteiger charge is 2.36. The first-order chi connectivity index (χ1) is 12.0. The third-order valence-electron chi connectivity index (χ3n) is 5.21. The van der Waals surface area contributed by atoms with E-state index in [1.54, 1.807) is 13.3 Å². The Morgan fingerprint density at radius 3 is 2.72 bits per heavy atom. The van der Waals surface area contributed by atoms with Crippen LogP contribution in [0, 0.1) is 25.7 Å². The van der Waals surface area contributed by atoms with Gasteiger partial charge in [-0.1, -0.05) is 0 Å². The Kier molecular flexibility index (Phi) is 5.25. The summed E-state index contributed by atoms with van der Waals surface area (Å²) in [6, 6.07) is 0. The summed E-state index contributed by atoms with van der Waals surface area (Å²) in [6.07, 6.45) is 5.51. The Morgan fingerprint density at radius 2 is 2.04 bits per heavy atom. The van der Waals surface area contributed by atoms with Crippen molar-refractivity contribution >= 4 is 11.8 Å². The fraction of sp³-hybridized carbons (Fsp3) is 0.632. The molecule has 6 heteroatoms. The topological polar surface area (TPSA) is 71.5 Å². The van der Waals surface area contributed by atoms with Crippen molar-refractivity contribution in [1.29, 1.82) is 0 Å². The normalized spacial score (nSPS) is 20.3. The van der Waals surface area contributed by atoms with E-state index in [2.05, 4.69) is 10.3 Å². The van der Waals surface area contributed by atoms with Crippen molar-refractivity contribution in [2.75, 3.05) is 20.2 Å². The van der Waals surface area contributed by atoms with Crippen LogP contribution in [0.15, 0.2) is 6.20 Å². The summed E-state index contributed by atoms with van der Waals surface area (Å²) in [5.74, 6) is 1.16. The Balaban J connectivity index is 1.58. The number of piperidine rings is 1. The number of carbonyl (C=O) groups is 2. The van der Waals surface area contributed by atoms with Gasteiger partial charge in [-0.25, -0.2) is 0 Å². The van der Waals surface area contributed by atoms with Crippen LogP contribution in [-0.4, -0.2) is 41.9 Å². The molecule has 1 aliphatic carbocycles. The number of nitrogens with one attached hydrogen (secondary N) is 1. The standard InChI is InChI=1S/C19H27N3O3/c1-12-9-20-16(13(2)17(12)25-3)10-21-18(23)15-5-4-8-22(11-15)19(24)14-6-7-14/h9,14-15H,4-8,10-11H2,1-3H3,(H,21,23). The van der Waals surface area contributed by atoms with E-state index in [-0.39, 0.29) is 23.7 Å². The maximum atomic E-state index is 12.5. The molecule has 1 saturated carbocycles. The molecule has 0 spiro atoms. The van der Waals surface area contributed by atoms with Gasteiger partial charge in [-0.2, -0.15) is 0 Å². The Hall–Kier alpha value is -2.11. The molecule has 6 nitrogen and oxygen atoms in total. The van der Waals surface area contributed by atoms with Crippen molar-refractivity contribution in [1.82, 2.24) is 15.2 Å². The van der Waals surface area contributed by atoms with Gasteiger partial charge in [-0.05, 0) is 39.5 Å². The fourth-order valence-corrected chi connectivity index (χ4v) is 3.54. The van der Waals surface area contributed by atoms with Crippen molar-refractivity contribution in [3.05, 3.63) is 23.0 Å². The molecule has 2 aliphatic rings. The van der Waals surface area contributed by atoms with Gasteiger partial charge in [0, 0.05) is 36.3 Å². The number of hydrogen-bond acceptors (Lipinski definition) is 4. The summed E-state index contributed by atoms with van der Waals surface area (Å²) in [7, 11) is 1.64. The maximum Gasteiger partial charge on any atom is 0.225 e. The molecule has 136 valence electrons. The highest BCUT2D eigenvalue weighted by molar-refractivity contribution is 5.83. The summed E-state index contributed by atoms with van der Waals surface area (Å²) in [5, 5.41) is 2.99. The van der Waals surface area contributed by atoms with Crippen LogP contribution in [-0.2, 0) is 16.1 Å². The molecule has 2 fully saturated rings. The molecule has 1 N–H and O–H groups in total. The number of aryl methyl sites for hydroxylation is 1. The van der Waals surface area contributed by atoms with Gasteiger partial charge in [0.25, 0.3) is 0 Å². The predicted molar refractivity (Wildman–Crippen MR) is 94.1 cm³/mol. The van der Waals surface area contributed by atoms with Crippen LogP contribution in [0.4, 0.5) is 0 Å². The van der Waals surface area contributed by atoms with Crippen LogP contribution in [0.3, 0.4) is 0 Å². The number of rotatable bonds is 5. The van der Waals surface area contributed by atoms with Crippen LogP contribution >= 0.6 is 0 Å². The lowest BCUT2D eigenvalue weighted by Gasteiger charge is -2.32. The van der Waals surface area contributed by atoms with Gasteiger partial charge < -0.3 is 15.0 Å². The minimum atomic E-state index is -0.121. The lowest BCUT2D eigenvalue weighted by Crippen LogP contribution is -2.45. The zero-order valence-electron chi connectivity index (χ0n) is 15.3. The largest absolute Gasteiger partial charge is 0.496 e. The van der Waals surface area contributed by atoms with Crippen molar-refractivity contribution in [2.24, 2.45) is 11.8 Å². The monoisotopic (exact) mass is 345 g/mol. The SMILES string of the molecule is COc1c(C)cnc(CNC(=O)C2CCCN(C(=O)C3CC3)C2)c1C. The van der Waals surface area contributed by atoms with E-state index in [0.717, 1.165) is 54.8 Å². The lowest BCUT2D eigenvalue weighted by molar-refractivity contribution is -0.136. The number of ether oxygens (including phenoxy) is 1. The highest BCUT2D eigenvalue weighted by atomic mass is 16.5. The fourth-order valence-electron chi connectivity index (χ4n) is 3.54. The number of likely N-dealkylation sites (tertiary alicyclic amines) is 1. The number of amides is 2. The molecule has 3 rings (SSSR count). The van der Waals surface area contributed by atoms with E-state index in [9.17, 15) is 9.59 Å². The van der Waals surface area contributed by atoms with Gasteiger partial charge in [-0.3, -0.25) is 14.6 Å². The first kappa shape index (κ1) is 17.7. The number of methoxy groups -OCH3 is 1. The lowest BCUT2D eigenvalue weighted by atomic mass is 9.96. The van der Waals surface area contributed by atoms with Crippen molar-refractivity contribution in [2.45, 2.75) is 46.1 Å². The second-order valence-corrected chi connectivity index (χ2v) is 7.16. The quantitative estimate of drug-likeness (QED) is 0.886. The van der Waals surface area contributed by atoms with Crippen LogP contribution < -0.4 is 10.1 Å². The van der Waals surface area contributed by atoms with E-state index in [1.807, 2.05) is 18.7 Å². The van der Waals surface area contributed by atoms with Crippen molar-refractivity contribution < 1.29 is 14.3 Å². The van der Waals surface area contributed by atoms with Crippen molar-refractivity contribution in [3.63, 3.8) is 0 Å². The second kappa shape index (κ2) is 7.42. The average Bonchev–Trinajstić information content (AvgIpc) is 3.46. The van der Waals surface area contributed by atoms with Gasteiger partial charge in [0.2, 0.25) is 11.8 Å². The molecular weight excluding hydrogens is 318 g/mol. The van der Waals surface area contributed by atoms with E-state index in [0.29, 0.717) is 13.1 Å². The smallest absolute Gasteiger partial charge is 0.225 e. The summed E-state index contributed by atoms with van der Waals surface area (Å²) in [5.41, 5.74) is 2.76. The first-order valence-corrected chi connectivity index (χ1v) is 9.06. The van der Waals surface area contributed by atoms with Gasteiger partial charge in [0.05, 0.1) is 25.3 Å². The summed E-state index contributed by atoms with van der Waals surface area (Å²) < 4.78 is 5.41. The van der Waals surface area contributed by atoms with E-state index in [4.69, 9.17) is 4.74 Å². The van der Waals surface area contributed by atoms with Crippen LogP contribution in [0.2, 0.25) is 0 Å². The highest BCUT2D eigenvalue weighted by Crippen LogP contribution is 2.32. The number of carbonyl (C=O) groups excluding carboxylic acids is 2. The molecule has 1 unspecified atom stereocenters. The minimum Gasteiger partial charge on any atom is -0.496 e. The van der Waals surface area contributed by atoms with E-state index >= 15 is 0 Å². The number of nitrogens with zero attached hydrogens (tertiary/aromatic N) is 2. The predicted octanol–water partition coefficient (Wildman–Crippen LogP) is 1.97. The zero-order chi connectivity index (χ0) is 18.0. The molecule has 2 heterocycles.